The molecule has 218 valence electrons. The molecule has 2 aromatic rings. The second kappa shape index (κ2) is 12.3. The van der Waals surface area contributed by atoms with E-state index in [2.05, 4.69) is 20.4 Å². The fourth-order valence-electron chi connectivity index (χ4n) is 4.67. The van der Waals surface area contributed by atoms with Crippen LogP contribution in [0.5, 0.6) is 0 Å². The Hall–Kier alpha value is -1.98. The van der Waals surface area contributed by atoms with Gasteiger partial charge in [-0.2, -0.15) is 15.1 Å². The van der Waals surface area contributed by atoms with Gasteiger partial charge in [-0.25, -0.2) is 9.48 Å². The molecule has 5 atom stereocenters. The lowest BCUT2D eigenvalue weighted by molar-refractivity contribution is -0.151. The number of anilines is 1. The summed E-state index contributed by atoms with van der Waals surface area (Å²) < 4.78 is 34.7. The van der Waals surface area contributed by atoms with Crippen molar-refractivity contribution in [2.24, 2.45) is 0 Å². The monoisotopic (exact) mass is 595 g/mol. The predicted molar refractivity (Wildman–Crippen MR) is 133 cm³/mol. The van der Waals surface area contributed by atoms with Crippen LogP contribution in [0.15, 0.2) is 6.20 Å². The van der Waals surface area contributed by atoms with Crippen molar-refractivity contribution in [3.05, 3.63) is 11.5 Å². The number of aliphatic carboxylic acids is 1. The fourth-order valence-corrected chi connectivity index (χ4v) is 5.63. The maximum Gasteiger partial charge on any atom is 0.361 e. The third kappa shape index (κ3) is 6.51. The number of halogens is 1. The van der Waals surface area contributed by atoms with Crippen molar-refractivity contribution in [3.8, 4) is 0 Å². The summed E-state index contributed by atoms with van der Waals surface area (Å²) in [6.07, 6.45) is 0.0186. The van der Waals surface area contributed by atoms with Crippen LogP contribution in [0.1, 0.15) is 31.9 Å². The molecule has 16 nitrogen and oxygen atoms in total. The van der Waals surface area contributed by atoms with Gasteiger partial charge >= 0.3 is 13.6 Å². The molecule has 0 spiro atoms. The smallest absolute Gasteiger partial charge is 0.361 e. The molecule has 39 heavy (non-hydrogen) atoms. The zero-order valence-corrected chi connectivity index (χ0v) is 22.6. The van der Waals surface area contributed by atoms with Crippen LogP contribution in [-0.4, -0.2) is 114 Å². The molecule has 2 aliphatic rings. The van der Waals surface area contributed by atoms with Gasteiger partial charge < -0.3 is 49.4 Å². The van der Waals surface area contributed by atoms with Gasteiger partial charge in [-0.15, -0.1) is 0 Å². The third-order valence-corrected chi connectivity index (χ3v) is 8.29. The SMILES string of the molecule is COC[C@](COCC(=O)O)(OCC1O[C@@H](n2ncc3c(NC4CCCC4)nc(Cl)nc32)[C@H](O)[C@@H]1O)P(=O)(O)O. The van der Waals surface area contributed by atoms with E-state index in [0.29, 0.717) is 11.2 Å². The molecule has 1 saturated heterocycles. The van der Waals surface area contributed by atoms with Gasteiger partial charge in [0.15, 0.2) is 11.9 Å². The van der Waals surface area contributed by atoms with Gasteiger partial charge in [0.1, 0.15) is 30.7 Å². The Morgan fingerprint density at radius 2 is 1.97 bits per heavy atom. The summed E-state index contributed by atoms with van der Waals surface area (Å²) in [5.41, 5.74) is 0.235. The van der Waals surface area contributed by atoms with E-state index in [1.807, 2.05) is 0 Å². The van der Waals surface area contributed by atoms with Gasteiger partial charge in [0.05, 0.1) is 31.4 Å². The highest BCUT2D eigenvalue weighted by Crippen LogP contribution is 2.52. The van der Waals surface area contributed by atoms with Crippen molar-refractivity contribution >= 4 is 42.0 Å². The van der Waals surface area contributed by atoms with E-state index < -0.39 is 69.9 Å². The summed E-state index contributed by atoms with van der Waals surface area (Å²) in [7, 11) is -3.95. The molecule has 1 saturated carbocycles. The lowest BCUT2D eigenvalue weighted by Gasteiger charge is -2.34. The van der Waals surface area contributed by atoms with E-state index in [-0.39, 0.29) is 17.0 Å². The number of carboxylic acid groups (broad SMARTS) is 1. The number of aliphatic hydroxyl groups is 2. The van der Waals surface area contributed by atoms with Crippen molar-refractivity contribution in [2.75, 3.05) is 38.9 Å². The van der Waals surface area contributed by atoms with Crippen LogP contribution in [0.4, 0.5) is 5.82 Å². The number of nitrogens with zero attached hydrogens (tertiary/aromatic N) is 4. The van der Waals surface area contributed by atoms with Crippen molar-refractivity contribution < 1.29 is 53.4 Å². The highest BCUT2D eigenvalue weighted by atomic mass is 35.5. The Kier molecular flexibility index (Phi) is 9.43. The van der Waals surface area contributed by atoms with Crippen LogP contribution in [0.3, 0.4) is 0 Å². The topological polar surface area (TPSA) is 228 Å². The minimum Gasteiger partial charge on any atom is -0.480 e. The van der Waals surface area contributed by atoms with E-state index in [1.165, 1.54) is 10.9 Å². The number of hydrogen-bond donors (Lipinski definition) is 6. The molecule has 0 amide bonds. The van der Waals surface area contributed by atoms with Crippen LogP contribution in [0.2, 0.25) is 5.28 Å². The summed E-state index contributed by atoms with van der Waals surface area (Å²) >= 11 is 6.16. The van der Waals surface area contributed by atoms with Crippen LogP contribution < -0.4 is 5.32 Å². The van der Waals surface area contributed by atoms with Crippen molar-refractivity contribution in [2.45, 2.75) is 61.6 Å². The molecule has 18 heteroatoms. The number of nitrogens with one attached hydrogen (secondary N) is 1. The molecule has 4 rings (SSSR count). The van der Waals surface area contributed by atoms with Gasteiger partial charge in [0, 0.05) is 13.2 Å². The minimum absolute atomic E-state index is 0.0648. The molecule has 1 aliphatic heterocycles. The molecule has 2 aromatic heterocycles. The third-order valence-electron chi connectivity index (χ3n) is 6.67. The molecule has 3 heterocycles. The molecular formula is C21H31ClN5O11P. The van der Waals surface area contributed by atoms with Crippen LogP contribution in [0.25, 0.3) is 11.0 Å². The lowest BCUT2D eigenvalue weighted by Crippen LogP contribution is -2.46. The van der Waals surface area contributed by atoms with Gasteiger partial charge in [0.25, 0.3) is 0 Å². The van der Waals surface area contributed by atoms with Crippen LogP contribution >= 0.6 is 19.2 Å². The van der Waals surface area contributed by atoms with E-state index in [1.54, 1.807) is 0 Å². The molecule has 6 N–H and O–H groups in total. The zero-order chi connectivity index (χ0) is 28.4. The maximum atomic E-state index is 12.3. The fraction of sp³-hybridized carbons (Fsp3) is 0.714. The van der Waals surface area contributed by atoms with E-state index in [0.717, 1.165) is 32.8 Å². The van der Waals surface area contributed by atoms with E-state index in [4.69, 9.17) is 35.7 Å². The Balaban J connectivity index is 1.53. The van der Waals surface area contributed by atoms with E-state index in [9.17, 15) is 29.4 Å². The Morgan fingerprint density at radius 3 is 2.62 bits per heavy atom. The zero-order valence-electron chi connectivity index (χ0n) is 20.9. The van der Waals surface area contributed by atoms with Gasteiger partial charge in [0.2, 0.25) is 10.6 Å². The number of methoxy groups -OCH3 is 1. The Morgan fingerprint density at radius 1 is 1.26 bits per heavy atom. The number of ether oxygens (including phenoxy) is 4. The first-order valence-corrected chi connectivity index (χ1v) is 14.1. The number of hydrogen-bond acceptors (Lipinski definition) is 12. The molecular weight excluding hydrogens is 565 g/mol. The second-order valence-corrected chi connectivity index (χ2v) is 11.7. The molecule has 1 unspecified atom stereocenters. The first kappa shape index (κ1) is 30.0. The summed E-state index contributed by atoms with van der Waals surface area (Å²) in [4.78, 5) is 39.2. The normalized spacial score (nSPS) is 25.8. The highest BCUT2D eigenvalue weighted by Gasteiger charge is 2.52. The number of aromatic nitrogens is 4. The summed E-state index contributed by atoms with van der Waals surface area (Å²) in [5.74, 6) is -0.882. The first-order valence-electron chi connectivity index (χ1n) is 12.1. The maximum absolute atomic E-state index is 12.3. The number of carbonyl (C=O) groups is 1. The van der Waals surface area contributed by atoms with E-state index >= 15 is 0 Å². The van der Waals surface area contributed by atoms with Gasteiger partial charge in [-0.05, 0) is 24.4 Å². The minimum atomic E-state index is -5.12. The average molecular weight is 596 g/mol. The number of aliphatic hydroxyl groups excluding tert-OH is 2. The summed E-state index contributed by atoms with van der Waals surface area (Å²) in [6, 6.07) is 0.222. The van der Waals surface area contributed by atoms with Crippen LogP contribution in [-0.2, 0) is 28.3 Å². The lowest BCUT2D eigenvalue weighted by atomic mass is 10.1. The largest absolute Gasteiger partial charge is 0.480 e. The summed E-state index contributed by atoms with van der Waals surface area (Å²) in [5, 5.41) is 35.9. The van der Waals surface area contributed by atoms with Gasteiger partial charge in [-0.1, -0.05) is 12.8 Å². The molecule has 1 aliphatic carbocycles. The Bertz CT molecular complexity index is 1210. The van der Waals surface area contributed by atoms with Crippen molar-refractivity contribution in [1.82, 2.24) is 19.7 Å². The Labute approximate surface area is 227 Å². The molecule has 0 bridgehead atoms. The molecule has 0 aromatic carbocycles. The molecule has 0 radical (unpaired) electrons. The number of carboxylic acids is 1. The number of fused-ring (bicyclic) bond motifs is 1. The second-order valence-electron chi connectivity index (χ2n) is 9.46. The summed E-state index contributed by atoms with van der Waals surface area (Å²) in [6.45, 7) is -2.96. The average Bonchev–Trinajstić information content (AvgIpc) is 3.58. The standard InChI is InChI=1S/C21H31ClN5O11P/c1-35-9-21(39(32,33)34,10-36-8-14(28)29)37-7-13-15(30)16(31)19(38-13)27-18-12(6-23-27)17(25-20(22)26-18)24-11-4-2-3-5-11/h6,11,13,15-16,19,30-31H,2-5,7-10H2,1H3,(H,28,29)(H,24,25,26)(H2,32,33,34)/t13?,15-,16-,19-,21+/m1/s1. The highest BCUT2D eigenvalue weighted by molar-refractivity contribution is 7.53. The molecule has 2 fully saturated rings. The quantitative estimate of drug-likeness (QED) is 0.133. The van der Waals surface area contributed by atoms with Crippen LogP contribution in [0, 0.1) is 0 Å². The first-order chi connectivity index (χ1) is 18.5. The van der Waals surface area contributed by atoms with Crippen molar-refractivity contribution in [3.63, 3.8) is 0 Å². The number of rotatable bonds is 13. The van der Waals surface area contributed by atoms with Gasteiger partial charge in [-0.3, -0.25) is 4.57 Å². The predicted octanol–water partition coefficient (Wildman–Crippen LogP) is 0.0916. The van der Waals surface area contributed by atoms with Crippen molar-refractivity contribution in [1.29, 1.82) is 0 Å².